The number of thiophene rings is 1. The standard InChI is InChI=1S/C16H17N5O3S3/c1-10-3-5-11(6-4-10)20-27(23,24)12-7-8-26-14(12)15(22)17-9-13-18-19-16(25)21(13)2/h3-8,20H,9H2,1-2H3,(H,17,22)(H,19,25). The predicted octanol–water partition coefficient (Wildman–Crippen LogP) is 2.58. The fourth-order valence-electron chi connectivity index (χ4n) is 2.28. The van der Waals surface area contributed by atoms with E-state index in [-0.39, 0.29) is 16.3 Å². The van der Waals surface area contributed by atoms with Crippen molar-refractivity contribution in [1.82, 2.24) is 20.1 Å². The molecule has 2 aromatic heterocycles. The minimum atomic E-state index is -3.89. The average molecular weight is 424 g/mol. The van der Waals surface area contributed by atoms with Gasteiger partial charge in [-0.15, -0.1) is 11.3 Å². The number of hydrogen-bond acceptors (Lipinski definition) is 6. The lowest BCUT2D eigenvalue weighted by Gasteiger charge is -2.09. The summed E-state index contributed by atoms with van der Waals surface area (Å²) in [4.78, 5) is 12.5. The topological polar surface area (TPSA) is 109 Å². The highest BCUT2D eigenvalue weighted by molar-refractivity contribution is 7.93. The zero-order valence-corrected chi connectivity index (χ0v) is 17.0. The van der Waals surface area contributed by atoms with Gasteiger partial charge in [-0.25, -0.2) is 8.42 Å². The normalized spacial score (nSPS) is 11.3. The molecule has 3 N–H and O–H groups in total. The van der Waals surface area contributed by atoms with Gasteiger partial charge in [-0.2, -0.15) is 5.10 Å². The minimum Gasteiger partial charge on any atom is -0.344 e. The lowest BCUT2D eigenvalue weighted by molar-refractivity contribution is 0.0950. The number of nitrogens with one attached hydrogen (secondary N) is 3. The van der Waals surface area contributed by atoms with Crippen molar-refractivity contribution in [3.8, 4) is 0 Å². The molecule has 0 saturated heterocycles. The van der Waals surface area contributed by atoms with Crippen molar-refractivity contribution >= 4 is 45.2 Å². The summed E-state index contributed by atoms with van der Waals surface area (Å²) in [5, 5.41) is 10.9. The molecule has 0 unspecified atom stereocenters. The van der Waals surface area contributed by atoms with Crippen LogP contribution < -0.4 is 10.0 Å². The van der Waals surface area contributed by atoms with Gasteiger partial charge in [0.25, 0.3) is 15.9 Å². The number of aromatic nitrogens is 3. The molecular formula is C16H17N5O3S3. The highest BCUT2D eigenvalue weighted by atomic mass is 32.2. The van der Waals surface area contributed by atoms with E-state index >= 15 is 0 Å². The molecule has 0 spiro atoms. The van der Waals surface area contributed by atoms with Gasteiger partial charge in [0.05, 0.1) is 6.54 Å². The molecule has 0 fully saturated rings. The zero-order valence-electron chi connectivity index (χ0n) is 14.5. The van der Waals surface area contributed by atoms with Crippen molar-refractivity contribution in [2.24, 2.45) is 7.05 Å². The summed E-state index contributed by atoms with van der Waals surface area (Å²) in [7, 11) is -2.17. The molecule has 0 bridgehead atoms. The maximum atomic E-state index is 12.7. The van der Waals surface area contributed by atoms with Gasteiger partial charge in [0.2, 0.25) is 0 Å². The van der Waals surface area contributed by atoms with Crippen LogP contribution in [0.5, 0.6) is 0 Å². The largest absolute Gasteiger partial charge is 0.344 e. The van der Waals surface area contributed by atoms with Crippen LogP contribution in [0.3, 0.4) is 0 Å². The van der Waals surface area contributed by atoms with Crippen LogP contribution in [0, 0.1) is 11.7 Å². The molecule has 11 heteroatoms. The Morgan fingerprint density at radius 1 is 1.30 bits per heavy atom. The molecule has 8 nitrogen and oxygen atoms in total. The predicted molar refractivity (Wildman–Crippen MR) is 106 cm³/mol. The molecular weight excluding hydrogens is 406 g/mol. The Morgan fingerprint density at radius 2 is 2.00 bits per heavy atom. The summed E-state index contributed by atoms with van der Waals surface area (Å²) in [6.45, 7) is 2.03. The van der Waals surface area contributed by atoms with Crippen molar-refractivity contribution in [3.63, 3.8) is 0 Å². The van der Waals surface area contributed by atoms with Crippen LogP contribution in [-0.4, -0.2) is 29.1 Å². The van der Waals surface area contributed by atoms with E-state index in [1.54, 1.807) is 41.3 Å². The van der Waals surface area contributed by atoms with Gasteiger partial charge in [0.1, 0.15) is 9.77 Å². The van der Waals surface area contributed by atoms with E-state index in [9.17, 15) is 13.2 Å². The smallest absolute Gasteiger partial charge is 0.263 e. The Morgan fingerprint density at radius 3 is 2.63 bits per heavy atom. The van der Waals surface area contributed by atoms with Crippen molar-refractivity contribution in [2.45, 2.75) is 18.4 Å². The lowest BCUT2D eigenvalue weighted by atomic mass is 10.2. The van der Waals surface area contributed by atoms with E-state index in [1.807, 2.05) is 6.92 Å². The van der Waals surface area contributed by atoms with Crippen LogP contribution in [0.2, 0.25) is 0 Å². The van der Waals surface area contributed by atoms with Crippen LogP contribution >= 0.6 is 23.6 Å². The van der Waals surface area contributed by atoms with Gasteiger partial charge < -0.3 is 9.88 Å². The Bertz CT molecular complexity index is 1130. The maximum Gasteiger partial charge on any atom is 0.263 e. The number of carbonyl (C=O) groups excluding carboxylic acids is 1. The van der Waals surface area contributed by atoms with E-state index < -0.39 is 15.9 Å². The number of aryl methyl sites for hydroxylation is 1. The minimum absolute atomic E-state index is 0.0686. The number of benzene rings is 1. The lowest BCUT2D eigenvalue weighted by Crippen LogP contribution is -2.26. The molecule has 1 aromatic carbocycles. The fourth-order valence-corrected chi connectivity index (χ4v) is 4.84. The molecule has 2 heterocycles. The first kappa shape index (κ1) is 19.3. The van der Waals surface area contributed by atoms with E-state index in [1.165, 1.54) is 6.07 Å². The monoisotopic (exact) mass is 423 g/mol. The van der Waals surface area contributed by atoms with Gasteiger partial charge in [-0.05, 0) is 42.7 Å². The Labute approximate surface area is 165 Å². The second-order valence-corrected chi connectivity index (χ2v) is 8.73. The molecule has 0 aliphatic rings. The van der Waals surface area contributed by atoms with Crippen molar-refractivity contribution in [3.05, 3.63) is 56.7 Å². The molecule has 1 amide bonds. The van der Waals surface area contributed by atoms with E-state index in [0.29, 0.717) is 16.3 Å². The number of nitrogens with zero attached hydrogens (tertiary/aromatic N) is 2. The molecule has 0 aliphatic carbocycles. The summed E-state index contributed by atoms with van der Waals surface area (Å²) < 4.78 is 29.9. The first-order valence-electron chi connectivity index (χ1n) is 7.83. The van der Waals surface area contributed by atoms with E-state index in [4.69, 9.17) is 12.2 Å². The number of amides is 1. The average Bonchev–Trinajstić information content (AvgIpc) is 3.24. The van der Waals surface area contributed by atoms with E-state index in [0.717, 1.165) is 16.9 Å². The van der Waals surface area contributed by atoms with Crippen LogP contribution in [0.25, 0.3) is 0 Å². The fraction of sp³-hybridized carbons (Fsp3) is 0.188. The van der Waals surface area contributed by atoms with Crippen LogP contribution in [0.4, 0.5) is 5.69 Å². The number of sulfonamides is 1. The third-order valence-corrected chi connectivity index (χ3v) is 6.64. The van der Waals surface area contributed by atoms with Crippen molar-refractivity contribution in [1.29, 1.82) is 0 Å². The van der Waals surface area contributed by atoms with Crippen LogP contribution in [-0.2, 0) is 23.6 Å². The molecule has 142 valence electrons. The number of H-pyrrole nitrogens is 1. The van der Waals surface area contributed by atoms with Gasteiger partial charge in [0, 0.05) is 12.7 Å². The number of hydrogen-bond donors (Lipinski definition) is 3. The van der Waals surface area contributed by atoms with Crippen LogP contribution in [0.1, 0.15) is 21.1 Å². The first-order valence-corrected chi connectivity index (χ1v) is 10.6. The quantitative estimate of drug-likeness (QED) is 0.528. The number of rotatable bonds is 6. The third-order valence-electron chi connectivity index (χ3n) is 3.81. The highest BCUT2D eigenvalue weighted by Crippen LogP contribution is 2.24. The maximum absolute atomic E-state index is 12.7. The Kier molecular flexibility index (Phi) is 5.44. The summed E-state index contributed by atoms with van der Waals surface area (Å²) in [6, 6.07) is 8.35. The first-order chi connectivity index (χ1) is 12.8. The van der Waals surface area contributed by atoms with Gasteiger partial charge in [0.15, 0.2) is 10.6 Å². The van der Waals surface area contributed by atoms with E-state index in [2.05, 4.69) is 20.2 Å². The number of anilines is 1. The molecule has 0 atom stereocenters. The SMILES string of the molecule is Cc1ccc(NS(=O)(=O)c2ccsc2C(=O)NCc2n[nH]c(=S)n2C)cc1. The number of aromatic amines is 1. The molecule has 0 aliphatic heterocycles. The molecule has 27 heavy (non-hydrogen) atoms. The zero-order chi connectivity index (χ0) is 19.6. The summed E-state index contributed by atoms with van der Waals surface area (Å²) in [5.74, 6) is 0.0373. The van der Waals surface area contributed by atoms with Crippen molar-refractivity contribution < 1.29 is 13.2 Å². The van der Waals surface area contributed by atoms with Crippen molar-refractivity contribution in [2.75, 3.05) is 4.72 Å². The summed E-state index contributed by atoms with van der Waals surface area (Å²) in [6.07, 6.45) is 0. The second-order valence-electron chi connectivity index (χ2n) is 5.77. The molecule has 3 rings (SSSR count). The second kappa shape index (κ2) is 7.62. The third kappa shape index (κ3) is 4.26. The molecule has 0 saturated carbocycles. The number of carbonyl (C=O) groups is 1. The van der Waals surface area contributed by atoms with Gasteiger partial charge in [-0.3, -0.25) is 14.6 Å². The summed E-state index contributed by atoms with van der Waals surface area (Å²) >= 11 is 6.08. The van der Waals surface area contributed by atoms with Gasteiger partial charge >= 0.3 is 0 Å². The van der Waals surface area contributed by atoms with Crippen LogP contribution in [0.15, 0.2) is 40.6 Å². The highest BCUT2D eigenvalue weighted by Gasteiger charge is 2.24. The van der Waals surface area contributed by atoms with Gasteiger partial charge in [-0.1, -0.05) is 17.7 Å². The Hall–Kier alpha value is -2.50. The molecule has 0 radical (unpaired) electrons. The summed E-state index contributed by atoms with van der Waals surface area (Å²) in [5.41, 5.74) is 1.45. The Balaban J connectivity index is 1.77. The molecule has 3 aromatic rings.